The summed E-state index contributed by atoms with van der Waals surface area (Å²) in [6.45, 7) is 2.02. The van der Waals surface area contributed by atoms with Crippen molar-refractivity contribution in [1.29, 1.82) is 0 Å². The number of piperidine rings is 1. The van der Waals surface area contributed by atoms with Crippen LogP contribution in [0.25, 0.3) is 0 Å². The van der Waals surface area contributed by atoms with E-state index in [1.807, 2.05) is 0 Å². The highest BCUT2D eigenvalue weighted by Gasteiger charge is 2.33. The Morgan fingerprint density at radius 2 is 2.06 bits per heavy atom. The van der Waals surface area contributed by atoms with E-state index in [1.54, 1.807) is 4.90 Å². The molecule has 0 radical (unpaired) electrons. The zero-order chi connectivity index (χ0) is 13.2. The maximum atomic E-state index is 12.2. The first-order valence-corrected chi connectivity index (χ1v) is 7.97. The molecule has 2 heterocycles. The molecule has 0 aromatic rings. The molecule has 7 heteroatoms. The van der Waals surface area contributed by atoms with Gasteiger partial charge in [0.25, 0.3) is 0 Å². The first-order chi connectivity index (χ1) is 8.48. The number of amides is 1. The van der Waals surface area contributed by atoms with E-state index in [4.69, 9.17) is 9.88 Å². The van der Waals surface area contributed by atoms with Crippen LogP contribution in [0.1, 0.15) is 25.7 Å². The molecule has 0 aromatic heterocycles. The molecule has 104 valence electrons. The Balaban J connectivity index is 1.97. The number of nitrogens with zero attached hydrogens (tertiary/aromatic N) is 1. The fourth-order valence-corrected chi connectivity index (χ4v) is 3.48. The molecule has 0 aliphatic carbocycles. The second-order valence-electron chi connectivity index (χ2n) is 5.05. The number of sulfonamides is 1. The summed E-state index contributed by atoms with van der Waals surface area (Å²) >= 11 is 0. The fraction of sp³-hybridized carbons (Fsp3) is 0.909. The van der Waals surface area contributed by atoms with Gasteiger partial charge in [0.2, 0.25) is 15.9 Å². The monoisotopic (exact) mass is 276 g/mol. The third-order valence-corrected chi connectivity index (χ3v) is 4.98. The lowest BCUT2D eigenvalue weighted by Crippen LogP contribution is -2.49. The molecule has 2 aliphatic rings. The predicted octanol–water partition coefficient (Wildman–Crippen LogP) is -0.307. The van der Waals surface area contributed by atoms with Crippen LogP contribution in [0, 0.1) is 5.92 Å². The number of primary sulfonamides is 1. The molecule has 2 fully saturated rings. The summed E-state index contributed by atoms with van der Waals surface area (Å²) in [6.07, 6.45) is 2.96. The number of hydrogen-bond acceptors (Lipinski definition) is 4. The fourth-order valence-electron chi connectivity index (χ4n) is 2.60. The molecule has 0 bridgehead atoms. The normalized spacial score (nSPS) is 30.2. The van der Waals surface area contributed by atoms with Crippen LogP contribution in [0.3, 0.4) is 0 Å². The van der Waals surface area contributed by atoms with Crippen molar-refractivity contribution >= 4 is 15.9 Å². The molecule has 18 heavy (non-hydrogen) atoms. The maximum absolute atomic E-state index is 12.2. The second-order valence-corrected chi connectivity index (χ2v) is 6.90. The number of likely N-dealkylation sites (tertiary alicyclic amines) is 1. The Bertz CT molecular complexity index is 403. The highest BCUT2D eigenvalue weighted by molar-refractivity contribution is 7.89. The van der Waals surface area contributed by atoms with E-state index >= 15 is 0 Å². The van der Waals surface area contributed by atoms with Crippen LogP contribution in [0.4, 0.5) is 0 Å². The summed E-state index contributed by atoms with van der Waals surface area (Å²) in [5, 5.41) is 4.55. The number of hydrogen-bond donors (Lipinski definition) is 1. The average Bonchev–Trinajstić information content (AvgIpc) is 2.38. The van der Waals surface area contributed by atoms with E-state index in [2.05, 4.69) is 0 Å². The van der Waals surface area contributed by atoms with E-state index in [-0.39, 0.29) is 18.4 Å². The number of carbonyl (C=O) groups is 1. The molecule has 2 saturated heterocycles. The van der Waals surface area contributed by atoms with Gasteiger partial charge in [-0.05, 0) is 25.7 Å². The SMILES string of the molecule is NS(=O)(=O)C1CCCN(C(=O)C2CCCOC2)C1. The molecule has 0 saturated carbocycles. The maximum Gasteiger partial charge on any atom is 0.228 e. The zero-order valence-electron chi connectivity index (χ0n) is 10.4. The van der Waals surface area contributed by atoms with Crippen molar-refractivity contribution in [2.75, 3.05) is 26.3 Å². The molecule has 2 N–H and O–H groups in total. The largest absolute Gasteiger partial charge is 0.381 e. The molecule has 0 aromatic carbocycles. The zero-order valence-corrected chi connectivity index (χ0v) is 11.2. The van der Waals surface area contributed by atoms with E-state index in [0.717, 1.165) is 12.8 Å². The van der Waals surface area contributed by atoms with Gasteiger partial charge in [-0.1, -0.05) is 0 Å². The minimum Gasteiger partial charge on any atom is -0.381 e. The third-order valence-electron chi connectivity index (χ3n) is 3.66. The minimum atomic E-state index is -3.55. The van der Waals surface area contributed by atoms with Crippen molar-refractivity contribution in [2.45, 2.75) is 30.9 Å². The van der Waals surface area contributed by atoms with Crippen LogP contribution in [0.15, 0.2) is 0 Å². The van der Waals surface area contributed by atoms with Gasteiger partial charge in [0.1, 0.15) is 0 Å². The second kappa shape index (κ2) is 5.54. The molecule has 2 aliphatic heterocycles. The van der Waals surface area contributed by atoms with Crippen molar-refractivity contribution in [3.63, 3.8) is 0 Å². The Hall–Kier alpha value is -0.660. The lowest BCUT2D eigenvalue weighted by atomic mass is 9.99. The summed E-state index contributed by atoms with van der Waals surface area (Å²) in [5.74, 6) is -0.0963. The predicted molar refractivity (Wildman–Crippen MR) is 66.3 cm³/mol. The van der Waals surface area contributed by atoms with Crippen molar-refractivity contribution in [2.24, 2.45) is 11.1 Å². The number of carbonyl (C=O) groups excluding carboxylic acids is 1. The lowest BCUT2D eigenvalue weighted by molar-refractivity contribution is -0.140. The van der Waals surface area contributed by atoms with Crippen LogP contribution < -0.4 is 5.14 Å². The van der Waals surface area contributed by atoms with Gasteiger partial charge < -0.3 is 9.64 Å². The van der Waals surface area contributed by atoms with Gasteiger partial charge in [-0.25, -0.2) is 13.6 Å². The highest BCUT2D eigenvalue weighted by atomic mass is 32.2. The highest BCUT2D eigenvalue weighted by Crippen LogP contribution is 2.21. The van der Waals surface area contributed by atoms with Crippen molar-refractivity contribution < 1.29 is 17.9 Å². The average molecular weight is 276 g/mol. The van der Waals surface area contributed by atoms with Gasteiger partial charge in [-0.3, -0.25) is 4.79 Å². The van der Waals surface area contributed by atoms with E-state index in [9.17, 15) is 13.2 Å². The van der Waals surface area contributed by atoms with Crippen LogP contribution >= 0.6 is 0 Å². The van der Waals surface area contributed by atoms with Crippen LogP contribution in [0.2, 0.25) is 0 Å². The van der Waals surface area contributed by atoms with Gasteiger partial charge >= 0.3 is 0 Å². The first kappa shape index (κ1) is 13.8. The summed E-state index contributed by atoms with van der Waals surface area (Å²) in [4.78, 5) is 13.9. The summed E-state index contributed by atoms with van der Waals surface area (Å²) in [5.41, 5.74) is 0. The van der Waals surface area contributed by atoms with Crippen LogP contribution in [0.5, 0.6) is 0 Å². The molecular weight excluding hydrogens is 256 g/mol. The Morgan fingerprint density at radius 3 is 2.67 bits per heavy atom. The van der Waals surface area contributed by atoms with Gasteiger partial charge in [-0.2, -0.15) is 0 Å². The number of ether oxygens (including phenoxy) is 1. The third kappa shape index (κ3) is 3.21. The van der Waals surface area contributed by atoms with Gasteiger partial charge in [0, 0.05) is 19.7 Å². The van der Waals surface area contributed by atoms with E-state index in [1.165, 1.54) is 0 Å². The molecule has 0 spiro atoms. The summed E-state index contributed by atoms with van der Waals surface area (Å²) < 4.78 is 28.0. The lowest BCUT2D eigenvalue weighted by Gasteiger charge is -2.34. The molecule has 1 amide bonds. The van der Waals surface area contributed by atoms with E-state index < -0.39 is 15.3 Å². The molecular formula is C11H20N2O4S. The number of nitrogens with two attached hydrogens (primary N) is 1. The van der Waals surface area contributed by atoms with Crippen LogP contribution in [-0.4, -0.2) is 50.8 Å². The molecule has 6 nitrogen and oxygen atoms in total. The molecule has 2 unspecified atom stereocenters. The minimum absolute atomic E-state index is 0.0167. The summed E-state index contributed by atoms with van der Waals surface area (Å²) in [7, 11) is -3.55. The molecule has 2 atom stereocenters. The Morgan fingerprint density at radius 1 is 1.28 bits per heavy atom. The van der Waals surface area contributed by atoms with Crippen molar-refractivity contribution in [3.8, 4) is 0 Å². The van der Waals surface area contributed by atoms with Crippen molar-refractivity contribution in [1.82, 2.24) is 4.90 Å². The van der Waals surface area contributed by atoms with Gasteiger partial charge in [0.05, 0.1) is 17.8 Å². The first-order valence-electron chi connectivity index (χ1n) is 6.36. The Kier molecular flexibility index (Phi) is 4.24. The van der Waals surface area contributed by atoms with Crippen LogP contribution in [-0.2, 0) is 19.6 Å². The topological polar surface area (TPSA) is 89.7 Å². The van der Waals surface area contributed by atoms with Crippen molar-refractivity contribution in [3.05, 3.63) is 0 Å². The Labute approximate surface area is 108 Å². The standard InChI is InChI=1S/C11H20N2O4S/c12-18(15,16)10-4-1-5-13(7-10)11(14)9-3-2-6-17-8-9/h9-10H,1-8H2,(H2,12,15,16). The quantitative estimate of drug-likeness (QED) is 0.749. The van der Waals surface area contributed by atoms with E-state index in [0.29, 0.717) is 32.6 Å². The molecule has 2 rings (SSSR count). The number of rotatable bonds is 2. The van der Waals surface area contributed by atoms with Gasteiger partial charge in [0.15, 0.2) is 0 Å². The van der Waals surface area contributed by atoms with Gasteiger partial charge in [-0.15, -0.1) is 0 Å². The smallest absolute Gasteiger partial charge is 0.228 e. The summed E-state index contributed by atoms with van der Waals surface area (Å²) in [6, 6.07) is 0.